The molecule has 0 saturated heterocycles. The minimum Gasteiger partial charge on any atom is -0.467 e. The third kappa shape index (κ3) is 3.81. The Hall–Kier alpha value is -2.37. The monoisotopic (exact) mass is 274 g/mol. The Labute approximate surface area is 117 Å². The molecule has 1 amide bonds. The first-order chi connectivity index (χ1) is 9.69. The minimum atomic E-state index is -0.192. The molecule has 1 atom stereocenters. The van der Waals surface area contributed by atoms with Crippen molar-refractivity contribution in [3.05, 3.63) is 42.2 Å². The van der Waals surface area contributed by atoms with Crippen molar-refractivity contribution in [2.24, 2.45) is 0 Å². The molecule has 2 N–H and O–H groups in total. The van der Waals surface area contributed by atoms with E-state index < -0.39 is 0 Å². The molecule has 0 aliphatic rings. The van der Waals surface area contributed by atoms with Crippen molar-refractivity contribution in [2.75, 3.05) is 5.32 Å². The quantitative estimate of drug-likeness (QED) is 0.844. The number of amides is 1. The number of nitrogens with one attached hydrogen (secondary N) is 2. The number of hydrogen-bond acceptors (Lipinski definition) is 5. The van der Waals surface area contributed by atoms with Crippen molar-refractivity contribution in [3.8, 4) is 0 Å². The maximum atomic E-state index is 12.0. The molecule has 0 aliphatic heterocycles. The summed E-state index contributed by atoms with van der Waals surface area (Å²) in [6.07, 6.45) is 3.86. The second-order valence-electron chi connectivity index (χ2n) is 4.50. The van der Waals surface area contributed by atoms with Crippen LogP contribution in [0.1, 0.15) is 36.5 Å². The average Bonchev–Trinajstić information content (AvgIpc) is 2.98. The summed E-state index contributed by atoms with van der Waals surface area (Å²) in [4.78, 5) is 20.0. The van der Waals surface area contributed by atoms with E-state index in [0.717, 1.165) is 12.2 Å². The van der Waals surface area contributed by atoms with E-state index in [1.807, 2.05) is 26.0 Å². The summed E-state index contributed by atoms with van der Waals surface area (Å²) in [6, 6.07) is 5.44. The number of furan rings is 1. The van der Waals surface area contributed by atoms with Crippen molar-refractivity contribution < 1.29 is 9.21 Å². The van der Waals surface area contributed by atoms with Gasteiger partial charge in [0.1, 0.15) is 23.6 Å². The molecule has 6 nitrogen and oxygen atoms in total. The van der Waals surface area contributed by atoms with Crippen LogP contribution in [-0.2, 0) is 6.54 Å². The SMILES string of the molecule is CCC(C)NC(=O)c1cc(NCc2ccco2)ncn1. The lowest BCUT2D eigenvalue weighted by atomic mass is 10.2. The van der Waals surface area contributed by atoms with Crippen LogP contribution in [0.3, 0.4) is 0 Å². The first-order valence-corrected chi connectivity index (χ1v) is 6.58. The largest absolute Gasteiger partial charge is 0.467 e. The third-order valence-corrected chi connectivity index (χ3v) is 2.91. The normalized spacial score (nSPS) is 11.9. The Morgan fingerprint density at radius 1 is 1.45 bits per heavy atom. The van der Waals surface area contributed by atoms with Gasteiger partial charge in [0.2, 0.25) is 0 Å². The highest BCUT2D eigenvalue weighted by Crippen LogP contribution is 2.08. The van der Waals surface area contributed by atoms with Gasteiger partial charge in [-0.15, -0.1) is 0 Å². The summed E-state index contributed by atoms with van der Waals surface area (Å²) in [5, 5.41) is 5.95. The molecule has 1 unspecified atom stereocenters. The predicted octanol–water partition coefficient (Wildman–Crippen LogP) is 2.21. The van der Waals surface area contributed by atoms with Gasteiger partial charge < -0.3 is 15.1 Å². The Morgan fingerprint density at radius 3 is 3.00 bits per heavy atom. The molecular formula is C14H18N4O2. The molecule has 2 rings (SSSR count). The summed E-state index contributed by atoms with van der Waals surface area (Å²) in [5.41, 5.74) is 0.349. The fraction of sp³-hybridized carbons (Fsp3) is 0.357. The summed E-state index contributed by atoms with van der Waals surface area (Å²) < 4.78 is 5.21. The summed E-state index contributed by atoms with van der Waals surface area (Å²) in [7, 11) is 0. The zero-order valence-electron chi connectivity index (χ0n) is 11.6. The van der Waals surface area contributed by atoms with Gasteiger partial charge in [-0.05, 0) is 25.5 Å². The summed E-state index contributed by atoms with van der Waals surface area (Å²) in [6.45, 7) is 4.48. The second-order valence-corrected chi connectivity index (χ2v) is 4.50. The lowest BCUT2D eigenvalue weighted by Gasteiger charge is -2.11. The van der Waals surface area contributed by atoms with E-state index >= 15 is 0 Å². The molecule has 0 fully saturated rings. The van der Waals surface area contributed by atoms with Crippen LogP contribution < -0.4 is 10.6 Å². The van der Waals surface area contributed by atoms with Crippen molar-refractivity contribution in [1.82, 2.24) is 15.3 Å². The third-order valence-electron chi connectivity index (χ3n) is 2.91. The Morgan fingerprint density at radius 2 is 2.30 bits per heavy atom. The fourth-order valence-corrected chi connectivity index (χ4v) is 1.57. The van der Waals surface area contributed by atoms with E-state index in [-0.39, 0.29) is 11.9 Å². The summed E-state index contributed by atoms with van der Waals surface area (Å²) >= 11 is 0. The molecule has 20 heavy (non-hydrogen) atoms. The summed E-state index contributed by atoms with van der Waals surface area (Å²) in [5.74, 6) is 1.20. The second kappa shape index (κ2) is 6.70. The lowest BCUT2D eigenvalue weighted by molar-refractivity contribution is 0.0934. The number of carbonyl (C=O) groups excluding carboxylic acids is 1. The number of nitrogens with zero attached hydrogens (tertiary/aromatic N) is 2. The standard InChI is InChI=1S/C14H18N4O2/c1-3-10(2)18-14(19)12-7-13(17-9-16-12)15-8-11-5-4-6-20-11/h4-7,9-10H,3,8H2,1-2H3,(H,18,19)(H,15,16,17). The van der Waals surface area contributed by atoms with Crippen LogP contribution in [0.15, 0.2) is 35.2 Å². The molecule has 0 aromatic carbocycles. The molecular weight excluding hydrogens is 256 g/mol. The first kappa shape index (κ1) is 14.0. The zero-order chi connectivity index (χ0) is 14.4. The molecule has 2 aromatic rings. The number of aromatic nitrogens is 2. The van der Waals surface area contributed by atoms with Crippen molar-refractivity contribution >= 4 is 11.7 Å². The fourth-order valence-electron chi connectivity index (χ4n) is 1.57. The van der Waals surface area contributed by atoms with Crippen LogP contribution in [0.4, 0.5) is 5.82 Å². The highest BCUT2D eigenvalue weighted by atomic mass is 16.3. The van der Waals surface area contributed by atoms with Gasteiger partial charge in [-0.25, -0.2) is 9.97 Å². The van der Waals surface area contributed by atoms with Gasteiger partial charge in [-0.2, -0.15) is 0 Å². The zero-order valence-corrected chi connectivity index (χ0v) is 11.6. The van der Waals surface area contributed by atoms with E-state index in [2.05, 4.69) is 20.6 Å². The Kier molecular flexibility index (Phi) is 4.70. The molecule has 2 aromatic heterocycles. The minimum absolute atomic E-state index is 0.122. The van der Waals surface area contributed by atoms with Gasteiger partial charge in [-0.3, -0.25) is 4.79 Å². The molecule has 0 radical (unpaired) electrons. The van der Waals surface area contributed by atoms with E-state index in [4.69, 9.17) is 4.42 Å². The van der Waals surface area contributed by atoms with E-state index in [9.17, 15) is 4.79 Å². The van der Waals surface area contributed by atoms with Crippen LogP contribution in [-0.4, -0.2) is 21.9 Å². The van der Waals surface area contributed by atoms with Crippen LogP contribution in [0.25, 0.3) is 0 Å². The highest BCUT2D eigenvalue weighted by molar-refractivity contribution is 5.93. The molecule has 0 spiro atoms. The maximum Gasteiger partial charge on any atom is 0.270 e. The number of anilines is 1. The molecule has 106 valence electrons. The van der Waals surface area contributed by atoms with Crippen molar-refractivity contribution in [1.29, 1.82) is 0 Å². The van der Waals surface area contributed by atoms with Crippen molar-refractivity contribution in [3.63, 3.8) is 0 Å². The van der Waals surface area contributed by atoms with Crippen LogP contribution in [0.2, 0.25) is 0 Å². The Balaban J connectivity index is 1.98. The van der Waals surface area contributed by atoms with Crippen molar-refractivity contribution in [2.45, 2.75) is 32.9 Å². The molecule has 0 saturated carbocycles. The molecule has 2 heterocycles. The van der Waals surface area contributed by atoms with Gasteiger partial charge in [0, 0.05) is 12.1 Å². The van der Waals surface area contributed by atoms with E-state index in [0.29, 0.717) is 18.1 Å². The van der Waals surface area contributed by atoms with Gasteiger partial charge in [0.25, 0.3) is 5.91 Å². The first-order valence-electron chi connectivity index (χ1n) is 6.58. The van der Waals surface area contributed by atoms with Gasteiger partial charge in [0.15, 0.2) is 0 Å². The Bertz CT molecular complexity index is 554. The van der Waals surface area contributed by atoms with Crippen LogP contribution >= 0.6 is 0 Å². The number of rotatable bonds is 6. The van der Waals surface area contributed by atoms with Crippen LogP contribution in [0.5, 0.6) is 0 Å². The van der Waals surface area contributed by atoms with E-state index in [1.165, 1.54) is 6.33 Å². The van der Waals surface area contributed by atoms with Gasteiger partial charge in [-0.1, -0.05) is 6.92 Å². The smallest absolute Gasteiger partial charge is 0.270 e. The average molecular weight is 274 g/mol. The number of hydrogen-bond donors (Lipinski definition) is 2. The van der Waals surface area contributed by atoms with Gasteiger partial charge >= 0.3 is 0 Å². The lowest BCUT2D eigenvalue weighted by Crippen LogP contribution is -2.32. The van der Waals surface area contributed by atoms with E-state index in [1.54, 1.807) is 12.3 Å². The van der Waals surface area contributed by atoms with Gasteiger partial charge in [0.05, 0.1) is 12.8 Å². The molecule has 0 aliphatic carbocycles. The molecule has 0 bridgehead atoms. The highest BCUT2D eigenvalue weighted by Gasteiger charge is 2.11. The molecule has 6 heteroatoms. The topological polar surface area (TPSA) is 80.0 Å². The number of carbonyl (C=O) groups is 1. The predicted molar refractivity (Wildman–Crippen MR) is 75.3 cm³/mol. The maximum absolute atomic E-state index is 12.0. The van der Waals surface area contributed by atoms with Crippen LogP contribution in [0, 0.1) is 0 Å².